The van der Waals surface area contributed by atoms with Crippen LogP contribution in [0.4, 0.5) is 5.69 Å². The molecule has 1 atom stereocenters. The molecule has 2 fully saturated rings. The average molecular weight is 476 g/mol. The maximum absolute atomic E-state index is 13.3. The van der Waals surface area contributed by atoms with E-state index in [1.54, 1.807) is 36.4 Å². The average Bonchev–Trinajstić information content (AvgIpc) is 2.95. The molecule has 33 heavy (non-hydrogen) atoms. The van der Waals surface area contributed by atoms with E-state index in [0.29, 0.717) is 30.3 Å². The van der Waals surface area contributed by atoms with Gasteiger partial charge < -0.3 is 10.2 Å². The smallest absolute Gasteiger partial charge is 0.243 e. The van der Waals surface area contributed by atoms with Gasteiger partial charge in [-0.05, 0) is 69.2 Å². The summed E-state index contributed by atoms with van der Waals surface area (Å²) in [5.74, 6) is 0.0102. The van der Waals surface area contributed by atoms with Crippen molar-refractivity contribution in [3.63, 3.8) is 0 Å². The number of hydrogen-bond acceptors (Lipinski definition) is 4. The van der Waals surface area contributed by atoms with E-state index in [9.17, 15) is 18.0 Å². The first-order chi connectivity index (χ1) is 15.6. The van der Waals surface area contributed by atoms with Crippen LogP contribution in [0.25, 0.3) is 0 Å². The molecular formula is C25H37N3O4S. The van der Waals surface area contributed by atoms with Crippen LogP contribution in [0.5, 0.6) is 0 Å². The van der Waals surface area contributed by atoms with Gasteiger partial charge in [-0.3, -0.25) is 9.59 Å². The number of benzene rings is 1. The first-order valence-corrected chi connectivity index (χ1v) is 13.8. The fraction of sp³-hybridized carbons (Fsp3) is 0.680. The molecule has 2 heterocycles. The van der Waals surface area contributed by atoms with Gasteiger partial charge in [-0.15, -0.1) is 0 Å². The number of hydrogen-bond donors (Lipinski definition) is 1. The molecule has 1 aromatic rings. The molecule has 1 N–H and O–H groups in total. The van der Waals surface area contributed by atoms with Crippen LogP contribution in [-0.4, -0.2) is 50.2 Å². The van der Waals surface area contributed by atoms with Crippen LogP contribution in [0.1, 0.15) is 77.7 Å². The topological polar surface area (TPSA) is 86.8 Å². The zero-order valence-electron chi connectivity index (χ0n) is 20.1. The van der Waals surface area contributed by atoms with Crippen LogP contribution in [0.3, 0.4) is 0 Å². The summed E-state index contributed by atoms with van der Waals surface area (Å²) in [7, 11) is -3.62. The van der Waals surface area contributed by atoms with Crippen molar-refractivity contribution in [3.05, 3.63) is 23.8 Å². The lowest BCUT2D eigenvalue weighted by atomic mass is 9.86. The number of anilines is 1. The molecule has 0 aromatic heterocycles. The Hall–Kier alpha value is -1.93. The lowest BCUT2D eigenvalue weighted by Crippen LogP contribution is -2.45. The molecule has 1 saturated carbocycles. The SMILES string of the molecule is C[C@H]1CCCN(S(=O)(=O)c2ccc3c(c2)C(C)(C)C(=O)N3CC(=O)NC2CCCCCC2)C1. The van der Waals surface area contributed by atoms with Crippen molar-refractivity contribution >= 4 is 27.5 Å². The molecule has 0 radical (unpaired) electrons. The van der Waals surface area contributed by atoms with Crippen molar-refractivity contribution in [1.82, 2.24) is 9.62 Å². The van der Waals surface area contributed by atoms with E-state index in [0.717, 1.165) is 38.5 Å². The lowest BCUT2D eigenvalue weighted by Gasteiger charge is -2.30. The number of carbonyl (C=O) groups is 2. The fourth-order valence-corrected chi connectivity index (χ4v) is 7.11. The number of nitrogens with zero attached hydrogens (tertiary/aromatic N) is 2. The third-order valence-electron chi connectivity index (χ3n) is 7.49. The van der Waals surface area contributed by atoms with Crippen molar-refractivity contribution in [2.45, 2.75) is 88.5 Å². The van der Waals surface area contributed by atoms with E-state index in [1.807, 2.05) is 0 Å². The molecule has 182 valence electrons. The molecule has 0 spiro atoms. The third kappa shape index (κ3) is 4.83. The highest BCUT2D eigenvalue weighted by Gasteiger charge is 2.45. The van der Waals surface area contributed by atoms with E-state index in [-0.39, 0.29) is 29.3 Å². The minimum absolute atomic E-state index is 0.0402. The van der Waals surface area contributed by atoms with Crippen LogP contribution in [0.2, 0.25) is 0 Å². The Morgan fingerprint density at radius 2 is 1.79 bits per heavy atom. The van der Waals surface area contributed by atoms with Gasteiger partial charge in [-0.25, -0.2) is 8.42 Å². The highest BCUT2D eigenvalue weighted by Crippen LogP contribution is 2.43. The van der Waals surface area contributed by atoms with Crippen molar-refractivity contribution in [1.29, 1.82) is 0 Å². The van der Waals surface area contributed by atoms with Gasteiger partial charge in [0.05, 0.1) is 10.3 Å². The minimum Gasteiger partial charge on any atom is -0.352 e. The summed E-state index contributed by atoms with van der Waals surface area (Å²) in [4.78, 5) is 27.8. The summed E-state index contributed by atoms with van der Waals surface area (Å²) >= 11 is 0. The fourth-order valence-electron chi connectivity index (χ4n) is 5.48. The third-order valence-corrected chi connectivity index (χ3v) is 9.35. The van der Waals surface area contributed by atoms with Crippen molar-refractivity contribution < 1.29 is 18.0 Å². The molecule has 1 aliphatic carbocycles. The van der Waals surface area contributed by atoms with Gasteiger partial charge in [-0.1, -0.05) is 32.6 Å². The number of fused-ring (bicyclic) bond motifs is 1. The van der Waals surface area contributed by atoms with Gasteiger partial charge in [0, 0.05) is 24.8 Å². The standard InChI is InChI=1S/C25H37N3O4S/c1-18-9-8-14-27(16-18)33(31,32)20-12-13-22-21(15-20)25(2,3)24(30)28(22)17-23(29)26-19-10-6-4-5-7-11-19/h12-13,15,18-19H,4-11,14,16-17H2,1-3H3,(H,26,29)/t18-/m0/s1. The summed E-state index contributed by atoms with van der Waals surface area (Å²) < 4.78 is 28.2. The number of piperidine rings is 1. The normalized spacial score (nSPS) is 24.4. The summed E-state index contributed by atoms with van der Waals surface area (Å²) in [6.45, 7) is 6.69. The number of nitrogens with one attached hydrogen (secondary N) is 1. The van der Waals surface area contributed by atoms with Gasteiger partial charge >= 0.3 is 0 Å². The quantitative estimate of drug-likeness (QED) is 0.660. The zero-order valence-corrected chi connectivity index (χ0v) is 20.9. The zero-order chi connectivity index (χ0) is 23.8. The highest BCUT2D eigenvalue weighted by molar-refractivity contribution is 7.89. The summed E-state index contributed by atoms with van der Waals surface area (Å²) in [6.07, 6.45) is 8.53. The Kier molecular flexibility index (Phi) is 6.87. The maximum Gasteiger partial charge on any atom is 0.243 e. The molecule has 8 heteroatoms. The molecule has 2 aliphatic heterocycles. The van der Waals surface area contributed by atoms with Crippen LogP contribution in [0.15, 0.2) is 23.1 Å². The van der Waals surface area contributed by atoms with Crippen LogP contribution in [-0.2, 0) is 25.0 Å². The second kappa shape index (κ2) is 9.37. The largest absolute Gasteiger partial charge is 0.352 e. The first-order valence-electron chi connectivity index (χ1n) is 12.4. The van der Waals surface area contributed by atoms with E-state index >= 15 is 0 Å². The van der Waals surface area contributed by atoms with Crippen molar-refractivity contribution in [2.75, 3.05) is 24.5 Å². The van der Waals surface area contributed by atoms with Crippen molar-refractivity contribution in [2.24, 2.45) is 5.92 Å². The lowest BCUT2D eigenvalue weighted by molar-refractivity contribution is -0.126. The summed E-state index contributed by atoms with van der Waals surface area (Å²) in [6, 6.07) is 5.09. The molecule has 2 amide bonds. The van der Waals surface area contributed by atoms with E-state index in [4.69, 9.17) is 0 Å². The van der Waals surface area contributed by atoms with Crippen LogP contribution in [0, 0.1) is 5.92 Å². The monoisotopic (exact) mass is 475 g/mol. The van der Waals surface area contributed by atoms with E-state index in [1.165, 1.54) is 17.7 Å². The number of amides is 2. The molecule has 3 aliphatic rings. The first kappa shape index (κ1) is 24.2. The molecule has 1 aromatic carbocycles. The molecule has 0 unspecified atom stereocenters. The van der Waals surface area contributed by atoms with E-state index in [2.05, 4.69) is 12.2 Å². The second-order valence-electron chi connectivity index (χ2n) is 10.6. The van der Waals surface area contributed by atoms with Gasteiger partial charge in [0.15, 0.2) is 0 Å². The predicted octanol–water partition coefficient (Wildman–Crippen LogP) is 3.57. The van der Waals surface area contributed by atoms with Crippen molar-refractivity contribution in [3.8, 4) is 0 Å². The molecule has 4 rings (SSSR count). The maximum atomic E-state index is 13.3. The summed E-state index contributed by atoms with van der Waals surface area (Å²) in [5.41, 5.74) is 0.409. The Morgan fingerprint density at radius 1 is 1.09 bits per heavy atom. The van der Waals surface area contributed by atoms with Gasteiger partial charge in [0.1, 0.15) is 6.54 Å². The molecular weight excluding hydrogens is 438 g/mol. The number of rotatable bonds is 5. The Labute approximate surface area is 198 Å². The van der Waals surface area contributed by atoms with Gasteiger partial charge in [0.25, 0.3) is 0 Å². The summed E-state index contributed by atoms with van der Waals surface area (Å²) in [5, 5.41) is 3.11. The van der Waals surface area contributed by atoms with Gasteiger partial charge in [0.2, 0.25) is 21.8 Å². The Balaban J connectivity index is 1.55. The van der Waals surface area contributed by atoms with Crippen LogP contribution < -0.4 is 10.2 Å². The Bertz CT molecular complexity index is 1010. The van der Waals surface area contributed by atoms with Gasteiger partial charge in [-0.2, -0.15) is 4.31 Å². The minimum atomic E-state index is -3.62. The molecule has 1 saturated heterocycles. The highest BCUT2D eigenvalue weighted by atomic mass is 32.2. The number of carbonyl (C=O) groups excluding carboxylic acids is 2. The Morgan fingerprint density at radius 3 is 2.45 bits per heavy atom. The molecule has 7 nitrogen and oxygen atoms in total. The predicted molar refractivity (Wildman–Crippen MR) is 129 cm³/mol. The number of sulfonamides is 1. The molecule has 0 bridgehead atoms. The van der Waals surface area contributed by atoms with Crippen LogP contribution >= 0.6 is 0 Å². The van der Waals surface area contributed by atoms with E-state index < -0.39 is 15.4 Å². The second-order valence-corrected chi connectivity index (χ2v) is 12.5.